The number of imidazole rings is 1. The standard InChI is InChI=1S/C12H13BrN4O/c1-17-5-4-15-11(17)7-16-12(18)8-2-3-9(13)10(14)6-8/h2-6H,7,14H2,1H3,(H,16,18). The van der Waals surface area contributed by atoms with Crippen molar-refractivity contribution in [3.63, 3.8) is 0 Å². The molecule has 0 bridgehead atoms. The fourth-order valence-corrected chi connectivity index (χ4v) is 1.76. The average molecular weight is 309 g/mol. The number of nitrogens with one attached hydrogen (secondary N) is 1. The Balaban J connectivity index is 2.04. The van der Waals surface area contributed by atoms with Gasteiger partial charge in [0, 0.05) is 35.2 Å². The van der Waals surface area contributed by atoms with Gasteiger partial charge in [-0.2, -0.15) is 0 Å². The molecule has 1 amide bonds. The van der Waals surface area contributed by atoms with Gasteiger partial charge in [0.05, 0.1) is 6.54 Å². The third kappa shape index (κ3) is 2.70. The highest BCUT2D eigenvalue weighted by Crippen LogP contribution is 2.20. The number of hydrogen-bond acceptors (Lipinski definition) is 3. The molecule has 0 saturated carbocycles. The molecule has 0 radical (unpaired) electrons. The van der Waals surface area contributed by atoms with Crippen LogP contribution < -0.4 is 11.1 Å². The van der Waals surface area contributed by atoms with Crippen molar-refractivity contribution in [2.45, 2.75) is 6.54 Å². The van der Waals surface area contributed by atoms with Gasteiger partial charge in [-0.1, -0.05) is 0 Å². The number of aryl methyl sites for hydroxylation is 1. The van der Waals surface area contributed by atoms with Crippen LogP contribution in [0.1, 0.15) is 16.2 Å². The number of carbonyl (C=O) groups is 1. The minimum Gasteiger partial charge on any atom is -0.398 e. The Kier molecular flexibility index (Phi) is 3.66. The van der Waals surface area contributed by atoms with Crippen molar-refractivity contribution in [1.29, 1.82) is 0 Å². The van der Waals surface area contributed by atoms with Gasteiger partial charge in [-0.05, 0) is 34.1 Å². The van der Waals surface area contributed by atoms with E-state index in [9.17, 15) is 4.79 Å². The van der Waals surface area contributed by atoms with E-state index in [0.717, 1.165) is 10.3 Å². The SMILES string of the molecule is Cn1ccnc1CNC(=O)c1ccc(Br)c(N)c1. The molecule has 0 aliphatic rings. The van der Waals surface area contributed by atoms with E-state index in [1.807, 2.05) is 17.8 Å². The Morgan fingerprint density at radius 3 is 2.94 bits per heavy atom. The number of anilines is 1. The van der Waals surface area contributed by atoms with E-state index in [2.05, 4.69) is 26.2 Å². The van der Waals surface area contributed by atoms with Gasteiger partial charge in [0.25, 0.3) is 5.91 Å². The second-order valence-corrected chi connectivity index (χ2v) is 4.73. The van der Waals surface area contributed by atoms with Crippen molar-refractivity contribution in [1.82, 2.24) is 14.9 Å². The van der Waals surface area contributed by atoms with Gasteiger partial charge in [0.2, 0.25) is 0 Å². The first-order chi connectivity index (χ1) is 8.58. The molecular formula is C12H13BrN4O. The van der Waals surface area contributed by atoms with Crippen molar-refractivity contribution >= 4 is 27.5 Å². The van der Waals surface area contributed by atoms with E-state index >= 15 is 0 Å². The minimum atomic E-state index is -0.169. The molecule has 0 spiro atoms. The Bertz CT molecular complexity index is 579. The summed E-state index contributed by atoms with van der Waals surface area (Å²) in [6.45, 7) is 0.387. The minimum absolute atomic E-state index is 0.169. The van der Waals surface area contributed by atoms with Crippen LogP contribution in [0.2, 0.25) is 0 Å². The lowest BCUT2D eigenvalue weighted by Gasteiger charge is -2.06. The lowest BCUT2D eigenvalue weighted by atomic mass is 10.2. The number of nitrogens with two attached hydrogens (primary N) is 1. The summed E-state index contributed by atoms with van der Waals surface area (Å²) < 4.78 is 2.64. The second kappa shape index (κ2) is 5.22. The number of hydrogen-bond donors (Lipinski definition) is 2. The van der Waals surface area contributed by atoms with Crippen molar-refractivity contribution in [3.05, 3.63) is 46.5 Å². The second-order valence-electron chi connectivity index (χ2n) is 3.87. The summed E-state index contributed by atoms with van der Waals surface area (Å²) in [6.07, 6.45) is 3.53. The van der Waals surface area contributed by atoms with Crippen LogP contribution in [0.3, 0.4) is 0 Å². The number of amides is 1. The zero-order chi connectivity index (χ0) is 13.1. The molecule has 0 unspecified atom stereocenters. The zero-order valence-corrected chi connectivity index (χ0v) is 11.4. The van der Waals surface area contributed by atoms with Gasteiger partial charge in [-0.15, -0.1) is 0 Å². The topological polar surface area (TPSA) is 72.9 Å². The van der Waals surface area contributed by atoms with E-state index in [-0.39, 0.29) is 5.91 Å². The van der Waals surface area contributed by atoms with Gasteiger partial charge >= 0.3 is 0 Å². The van der Waals surface area contributed by atoms with E-state index in [4.69, 9.17) is 5.73 Å². The van der Waals surface area contributed by atoms with E-state index in [1.165, 1.54) is 0 Å². The smallest absolute Gasteiger partial charge is 0.251 e. The molecule has 1 aromatic carbocycles. The summed E-state index contributed by atoms with van der Waals surface area (Å²) in [6, 6.07) is 5.11. The number of halogens is 1. The first-order valence-electron chi connectivity index (χ1n) is 5.37. The molecule has 0 saturated heterocycles. The van der Waals surface area contributed by atoms with Crippen LogP contribution >= 0.6 is 15.9 Å². The Hall–Kier alpha value is -1.82. The molecule has 18 heavy (non-hydrogen) atoms. The van der Waals surface area contributed by atoms with Crippen LogP contribution in [0.25, 0.3) is 0 Å². The summed E-state index contributed by atoms with van der Waals surface area (Å²) in [5.41, 5.74) is 6.80. The fourth-order valence-electron chi connectivity index (χ4n) is 1.51. The predicted octanol–water partition coefficient (Wildman–Crippen LogP) is 1.69. The fraction of sp³-hybridized carbons (Fsp3) is 0.167. The quantitative estimate of drug-likeness (QED) is 0.848. The van der Waals surface area contributed by atoms with Gasteiger partial charge < -0.3 is 15.6 Å². The first-order valence-corrected chi connectivity index (χ1v) is 6.16. The van der Waals surface area contributed by atoms with Crippen LogP contribution in [0.5, 0.6) is 0 Å². The maximum absolute atomic E-state index is 11.9. The van der Waals surface area contributed by atoms with Crippen LogP contribution in [-0.2, 0) is 13.6 Å². The third-order valence-electron chi connectivity index (χ3n) is 2.59. The van der Waals surface area contributed by atoms with Gasteiger partial charge in [0.15, 0.2) is 0 Å². The summed E-state index contributed by atoms with van der Waals surface area (Å²) in [5.74, 6) is 0.630. The number of rotatable bonds is 3. The van der Waals surface area contributed by atoms with Gasteiger partial charge in [-0.25, -0.2) is 4.98 Å². The van der Waals surface area contributed by atoms with Gasteiger partial charge in [0.1, 0.15) is 5.82 Å². The summed E-state index contributed by atoms with van der Waals surface area (Å²) in [7, 11) is 1.88. The Morgan fingerprint density at radius 1 is 1.56 bits per heavy atom. The van der Waals surface area contributed by atoms with Crippen molar-refractivity contribution < 1.29 is 4.79 Å². The normalized spacial score (nSPS) is 10.3. The number of nitrogens with zero attached hydrogens (tertiary/aromatic N) is 2. The van der Waals surface area contributed by atoms with E-state index in [0.29, 0.717) is 17.8 Å². The lowest BCUT2D eigenvalue weighted by Crippen LogP contribution is -2.24. The molecule has 1 aromatic heterocycles. The lowest BCUT2D eigenvalue weighted by molar-refractivity contribution is 0.0949. The molecule has 0 atom stereocenters. The van der Waals surface area contributed by atoms with Gasteiger partial charge in [-0.3, -0.25) is 4.79 Å². The number of aromatic nitrogens is 2. The molecule has 94 valence electrons. The highest BCUT2D eigenvalue weighted by molar-refractivity contribution is 9.10. The number of carbonyl (C=O) groups excluding carboxylic acids is 1. The summed E-state index contributed by atoms with van der Waals surface area (Å²) in [4.78, 5) is 16.0. The highest BCUT2D eigenvalue weighted by atomic mass is 79.9. The molecule has 1 heterocycles. The molecule has 3 N–H and O–H groups in total. The van der Waals surface area contributed by atoms with Crippen LogP contribution in [0, 0.1) is 0 Å². The molecule has 5 nitrogen and oxygen atoms in total. The number of nitrogen functional groups attached to an aromatic ring is 1. The summed E-state index contributed by atoms with van der Waals surface area (Å²) >= 11 is 3.29. The van der Waals surface area contributed by atoms with Crippen LogP contribution in [-0.4, -0.2) is 15.5 Å². The van der Waals surface area contributed by atoms with Crippen LogP contribution in [0.4, 0.5) is 5.69 Å². The number of benzene rings is 1. The molecule has 2 rings (SSSR count). The first kappa shape index (κ1) is 12.6. The molecule has 6 heteroatoms. The van der Waals surface area contributed by atoms with E-state index in [1.54, 1.807) is 24.4 Å². The Labute approximate surface area is 113 Å². The molecule has 0 aliphatic carbocycles. The van der Waals surface area contributed by atoms with Crippen molar-refractivity contribution in [2.75, 3.05) is 5.73 Å². The molecular weight excluding hydrogens is 296 g/mol. The highest BCUT2D eigenvalue weighted by Gasteiger charge is 2.08. The molecule has 0 fully saturated rings. The average Bonchev–Trinajstić information content (AvgIpc) is 2.75. The third-order valence-corrected chi connectivity index (χ3v) is 3.31. The largest absolute Gasteiger partial charge is 0.398 e. The predicted molar refractivity (Wildman–Crippen MR) is 72.9 cm³/mol. The monoisotopic (exact) mass is 308 g/mol. The van der Waals surface area contributed by atoms with Crippen LogP contribution in [0.15, 0.2) is 35.1 Å². The van der Waals surface area contributed by atoms with E-state index < -0.39 is 0 Å². The van der Waals surface area contributed by atoms with Crippen molar-refractivity contribution in [3.8, 4) is 0 Å². The molecule has 2 aromatic rings. The van der Waals surface area contributed by atoms with Crippen molar-refractivity contribution in [2.24, 2.45) is 7.05 Å². The zero-order valence-electron chi connectivity index (χ0n) is 9.85. The maximum Gasteiger partial charge on any atom is 0.251 e. The maximum atomic E-state index is 11.9. The summed E-state index contributed by atoms with van der Waals surface area (Å²) in [5, 5.41) is 2.80. The Morgan fingerprint density at radius 2 is 2.33 bits per heavy atom. The molecule has 0 aliphatic heterocycles.